The SMILES string of the molecule is COc1cc([N+](=O)[O-])ccc1NC(=O)CN(CCO)Cc1cc(Br)ccc1F. The van der Waals surface area contributed by atoms with E-state index in [0.717, 1.165) is 0 Å². The number of nitrogens with zero attached hydrogens (tertiary/aromatic N) is 2. The summed E-state index contributed by atoms with van der Waals surface area (Å²) in [4.78, 5) is 24.3. The van der Waals surface area contributed by atoms with Crippen LogP contribution in [0, 0.1) is 15.9 Å². The van der Waals surface area contributed by atoms with E-state index < -0.39 is 16.6 Å². The Morgan fingerprint density at radius 1 is 1.36 bits per heavy atom. The summed E-state index contributed by atoms with van der Waals surface area (Å²) in [7, 11) is 1.34. The molecule has 0 atom stereocenters. The van der Waals surface area contributed by atoms with Crippen molar-refractivity contribution < 1.29 is 24.0 Å². The second-order valence-electron chi connectivity index (χ2n) is 5.86. The van der Waals surface area contributed by atoms with Crippen molar-refractivity contribution in [2.24, 2.45) is 0 Å². The number of benzene rings is 2. The third-order valence-electron chi connectivity index (χ3n) is 3.86. The maximum atomic E-state index is 14.0. The minimum Gasteiger partial charge on any atom is -0.494 e. The number of methoxy groups -OCH3 is 1. The lowest BCUT2D eigenvalue weighted by Crippen LogP contribution is -2.35. The quantitative estimate of drug-likeness (QED) is 0.444. The number of hydrogen-bond donors (Lipinski definition) is 2. The van der Waals surface area contributed by atoms with E-state index in [1.54, 1.807) is 17.0 Å². The molecule has 0 aromatic heterocycles. The maximum absolute atomic E-state index is 14.0. The Balaban J connectivity index is 2.10. The van der Waals surface area contributed by atoms with Crippen molar-refractivity contribution in [2.45, 2.75) is 6.54 Å². The predicted molar refractivity (Wildman–Crippen MR) is 105 cm³/mol. The number of rotatable bonds is 9. The number of ether oxygens (including phenoxy) is 1. The number of aliphatic hydroxyl groups excluding tert-OH is 1. The lowest BCUT2D eigenvalue weighted by Gasteiger charge is -2.21. The minimum atomic E-state index is -0.566. The van der Waals surface area contributed by atoms with E-state index >= 15 is 0 Å². The minimum absolute atomic E-state index is 0.118. The van der Waals surface area contributed by atoms with Gasteiger partial charge >= 0.3 is 0 Å². The van der Waals surface area contributed by atoms with Crippen molar-refractivity contribution in [1.82, 2.24) is 4.90 Å². The van der Waals surface area contributed by atoms with E-state index in [1.165, 1.54) is 31.4 Å². The first-order valence-corrected chi connectivity index (χ1v) is 9.02. The van der Waals surface area contributed by atoms with Crippen LogP contribution < -0.4 is 10.1 Å². The number of nitro groups is 1. The summed E-state index contributed by atoms with van der Waals surface area (Å²) in [5.74, 6) is -0.700. The van der Waals surface area contributed by atoms with Crippen molar-refractivity contribution in [3.8, 4) is 5.75 Å². The molecule has 0 radical (unpaired) electrons. The summed E-state index contributed by atoms with van der Waals surface area (Å²) in [5, 5.41) is 22.7. The fourth-order valence-electron chi connectivity index (χ4n) is 2.55. The molecule has 28 heavy (non-hydrogen) atoms. The van der Waals surface area contributed by atoms with Gasteiger partial charge in [-0.05, 0) is 24.3 Å². The third kappa shape index (κ3) is 5.98. The molecule has 0 aliphatic heterocycles. The topological polar surface area (TPSA) is 105 Å². The van der Waals surface area contributed by atoms with E-state index in [1.807, 2.05) is 0 Å². The van der Waals surface area contributed by atoms with E-state index in [4.69, 9.17) is 4.74 Å². The smallest absolute Gasteiger partial charge is 0.273 e. The summed E-state index contributed by atoms with van der Waals surface area (Å²) in [5.41, 5.74) is 0.487. The Hall–Kier alpha value is -2.56. The number of aliphatic hydroxyl groups is 1. The number of nitrogens with one attached hydrogen (secondary N) is 1. The lowest BCUT2D eigenvalue weighted by atomic mass is 10.2. The number of nitro benzene ring substituents is 1. The number of anilines is 1. The molecule has 0 heterocycles. The fourth-order valence-corrected chi connectivity index (χ4v) is 2.96. The van der Waals surface area contributed by atoms with Crippen LogP contribution in [0.4, 0.5) is 15.8 Å². The molecule has 1 amide bonds. The number of amides is 1. The van der Waals surface area contributed by atoms with Gasteiger partial charge in [-0.15, -0.1) is 0 Å². The molecule has 0 aliphatic rings. The van der Waals surface area contributed by atoms with Crippen LogP contribution in [0.5, 0.6) is 5.75 Å². The van der Waals surface area contributed by atoms with Crippen LogP contribution >= 0.6 is 15.9 Å². The zero-order chi connectivity index (χ0) is 20.7. The summed E-state index contributed by atoms with van der Waals surface area (Å²) in [6.07, 6.45) is 0. The molecule has 0 bridgehead atoms. The molecule has 2 aromatic rings. The largest absolute Gasteiger partial charge is 0.494 e. The highest BCUT2D eigenvalue weighted by molar-refractivity contribution is 9.10. The third-order valence-corrected chi connectivity index (χ3v) is 4.35. The molecule has 2 rings (SSSR count). The van der Waals surface area contributed by atoms with Crippen LogP contribution in [0.2, 0.25) is 0 Å². The fraction of sp³-hybridized carbons (Fsp3) is 0.278. The van der Waals surface area contributed by atoms with Crippen molar-refractivity contribution in [2.75, 3.05) is 32.1 Å². The normalized spacial score (nSPS) is 10.8. The monoisotopic (exact) mass is 455 g/mol. The molecule has 0 saturated carbocycles. The maximum Gasteiger partial charge on any atom is 0.273 e. The van der Waals surface area contributed by atoms with E-state index in [9.17, 15) is 24.4 Å². The molecule has 0 aliphatic carbocycles. The first kappa shape index (κ1) is 21.7. The van der Waals surface area contributed by atoms with E-state index in [0.29, 0.717) is 10.0 Å². The van der Waals surface area contributed by atoms with Gasteiger partial charge in [0.15, 0.2) is 0 Å². The van der Waals surface area contributed by atoms with E-state index in [2.05, 4.69) is 21.2 Å². The number of halogens is 2. The first-order valence-electron chi connectivity index (χ1n) is 8.23. The number of hydrogen-bond acceptors (Lipinski definition) is 6. The van der Waals surface area contributed by atoms with Gasteiger partial charge in [-0.3, -0.25) is 19.8 Å². The number of carbonyl (C=O) groups is 1. The zero-order valence-electron chi connectivity index (χ0n) is 15.0. The van der Waals surface area contributed by atoms with Crippen LogP contribution in [-0.4, -0.2) is 47.6 Å². The van der Waals surface area contributed by atoms with Gasteiger partial charge in [0.1, 0.15) is 11.6 Å². The molecule has 8 nitrogen and oxygen atoms in total. The van der Waals surface area contributed by atoms with Crippen LogP contribution in [0.3, 0.4) is 0 Å². The van der Waals surface area contributed by atoms with Crippen LogP contribution in [-0.2, 0) is 11.3 Å². The second kappa shape index (κ2) is 10.1. The highest BCUT2D eigenvalue weighted by atomic mass is 79.9. The van der Waals surface area contributed by atoms with Gasteiger partial charge < -0.3 is 15.2 Å². The predicted octanol–water partition coefficient (Wildman–Crippen LogP) is 2.94. The summed E-state index contributed by atoms with van der Waals surface area (Å²) < 4.78 is 19.8. The summed E-state index contributed by atoms with van der Waals surface area (Å²) in [6, 6.07) is 8.33. The number of non-ortho nitro benzene ring substituents is 1. The molecule has 10 heteroatoms. The van der Waals surface area contributed by atoms with Gasteiger partial charge in [0.05, 0.1) is 36.9 Å². The second-order valence-corrected chi connectivity index (χ2v) is 6.78. The Bertz CT molecular complexity index is 865. The summed E-state index contributed by atoms with van der Waals surface area (Å²) >= 11 is 3.28. The standard InChI is InChI=1S/C18H19BrFN3O5/c1-28-17-9-14(23(26)27)3-5-16(17)21-18(25)11-22(6-7-24)10-12-8-13(19)2-4-15(12)20/h2-5,8-9,24H,6-7,10-11H2,1H3,(H,21,25). The van der Waals surface area contributed by atoms with Crippen LogP contribution in [0.25, 0.3) is 0 Å². The average molecular weight is 456 g/mol. The average Bonchev–Trinajstić information content (AvgIpc) is 2.65. The molecule has 150 valence electrons. The Morgan fingerprint density at radius 2 is 2.11 bits per heavy atom. The molecule has 2 aromatic carbocycles. The van der Waals surface area contributed by atoms with Crippen LogP contribution in [0.1, 0.15) is 5.56 Å². The van der Waals surface area contributed by atoms with Crippen molar-refractivity contribution >= 4 is 33.2 Å². The summed E-state index contributed by atoms with van der Waals surface area (Å²) in [6.45, 7) is -0.0379. The lowest BCUT2D eigenvalue weighted by molar-refractivity contribution is -0.384. The van der Waals surface area contributed by atoms with Gasteiger partial charge in [-0.1, -0.05) is 15.9 Å². The van der Waals surface area contributed by atoms with Gasteiger partial charge in [0.25, 0.3) is 5.69 Å². The zero-order valence-corrected chi connectivity index (χ0v) is 16.6. The van der Waals surface area contributed by atoms with Gasteiger partial charge in [-0.2, -0.15) is 0 Å². The highest BCUT2D eigenvalue weighted by Gasteiger charge is 2.17. The number of carbonyl (C=O) groups excluding carboxylic acids is 1. The Labute approximate surface area is 169 Å². The van der Waals surface area contributed by atoms with Crippen molar-refractivity contribution in [3.63, 3.8) is 0 Å². The van der Waals surface area contributed by atoms with Crippen LogP contribution in [0.15, 0.2) is 40.9 Å². The Kier molecular flexibility index (Phi) is 7.85. The highest BCUT2D eigenvalue weighted by Crippen LogP contribution is 2.29. The van der Waals surface area contributed by atoms with Crippen molar-refractivity contribution in [3.05, 3.63) is 62.4 Å². The van der Waals surface area contributed by atoms with Gasteiger partial charge in [-0.25, -0.2) is 4.39 Å². The molecule has 0 fully saturated rings. The van der Waals surface area contributed by atoms with Gasteiger partial charge in [0, 0.05) is 29.2 Å². The molecule has 2 N–H and O–H groups in total. The molecule has 0 saturated heterocycles. The van der Waals surface area contributed by atoms with E-state index in [-0.39, 0.29) is 43.4 Å². The first-order chi connectivity index (χ1) is 13.3. The van der Waals surface area contributed by atoms with Gasteiger partial charge in [0.2, 0.25) is 5.91 Å². The molecular weight excluding hydrogens is 437 g/mol. The Morgan fingerprint density at radius 3 is 2.75 bits per heavy atom. The van der Waals surface area contributed by atoms with Crippen molar-refractivity contribution in [1.29, 1.82) is 0 Å². The molecule has 0 unspecified atom stereocenters. The molecular formula is C18H19BrFN3O5. The molecule has 0 spiro atoms.